The monoisotopic (exact) mass is 402 g/mol. The van der Waals surface area contributed by atoms with Crippen LogP contribution in [0.2, 0.25) is 0 Å². The minimum Gasteiger partial charge on any atom is -0.343 e. The van der Waals surface area contributed by atoms with Crippen molar-refractivity contribution in [3.8, 4) is 0 Å². The molecule has 144 valence electrons. The fraction of sp³-hybridized carbons (Fsp3) is 0.476. The molecule has 2 amide bonds. The van der Waals surface area contributed by atoms with E-state index in [-0.39, 0.29) is 11.8 Å². The fourth-order valence-electron chi connectivity index (χ4n) is 3.35. The minimum atomic E-state index is -0.00119. The Morgan fingerprint density at radius 1 is 1.15 bits per heavy atom. The van der Waals surface area contributed by atoms with E-state index >= 15 is 0 Å². The van der Waals surface area contributed by atoms with Crippen LogP contribution in [0, 0.1) is 6.92 Å². The van der Waals surface area contributed by atoms with Gasteiger partial charge in [0.1, 0.15) is 4.32 Å². The van der Waals surface area contributed by atoms with Crippen LogP contribution in [-0.2, 0) is 9.59 Å². The van der Waals surface area contributed by atoms with Crippen molar-refractivity contribution < 1.29 is 9.59 Å². The molecule has 0 saturated carbocycles. The lowest BCUT2D eigenvalue weighted by atomic mass is 10.1. The number of thioether (sulfide) groups is 1. The van der Waals surface area contributed by atoms with Gasteiger partial charge in [0.25, 0.3) is 5.91 Å². The Hall–Kier alpha value is -1.66. The zero-order chi connectivity index (χ0) is 19.2. The average molecular weight is 403 g/mol. The first-order valence-corrected chi connectivity index (χ1v) is 10.9. The Morgan fingerprint density at radius 2 is 1.85 bits per heavy atom. The van der Waals surface area contributed by atoms with Crippen molar-refractivity contribution in [2.75, 3.05) is 19.6 Å². The molecule has 2 fully saturated rings. The van der Waals surface area contributed by atoms with Crippen LogP contribution in [0.1, 0.15) is 49.7 Å². The Bertz CT molecular complexity index is 737. The lowest BCUT2D eigenvalue weighted by Gasteiger charge is -2.16. The molecular weight excluding hydrogens is 376 g/mol. The Labute approximate surface area is 171 Å². The number of benzene rings is 1. The highest BCUT2D eigenvalue weighted by atomic mass is 32.2. The highest BCUT2D eigenvalue weighted by Crippen LogP contribution is 2.32. The first-order valence-electron chi connectivity index (χ1n) is 9.64. The van der Waals surface area contributed by atoms with E-state index < -0.39 is 0 Å². The van der Waals surface area contributed by atoms with Gasteiger partial charge in [0.05, 0.1) is 4.91 Å². The van der Waals surface area contributed by atoms with Gasteiger partial charge in [-0.2, -0.15) is 0 Å². The Morgan fingerprint density at radius 3 is 2.56 bits per heavy atom. The lowest BCUT2D eigenvalue weighted by molar-refractivity contribution is -0.130. The number of hydrogen-bond acceptors (Lipinski definition) is 4. The van der Waals surface area contributed by atoms with Gasteiger partial charge in [0.2, 0.25) is 5.91 Å². The van der Waals surface area contributed by atoms with Crippen molar-refractivity contribution in [1.29, 1.82) is 0 Å². The second-order valence-electron chi connectivity index (χ2n) is 7.14. The first kappa shape index (κ1) is 20.1. The Kier molecular flexibility index (Phi) is 7.07. The molecule has 0 aliphatic carbocycles. The van der Waals surface area contributed by atoms with Crippen LogP contribution >= 0.6 is 24.0 Å². The van der Waals surface area contributed by atoms with Gasteiger partial charge >= 0.3 is 0 Å². The summed E-state index contributed by atoms with van der Waals surface area (Å²) in [5.41, 5.74) is 2.21. The summed E-state index contributed by atoms with van der Waals surface area (Å²) in [7, 11) is 0. The van der Waals surface area contributed by atoms with Gasteiger partial charge in [0, 0.05) is 26.1 Å². The first-order chi connectivity index (χ1) is 13.0. The van der Waals surface area contributed by atoms with Gasteiger partial charge in [-0.15, -0.1) is 0 Å². The summed E-state index contributed by atoms with van der Waals surface area (Å²) in [4.78, 5) is 29.0. The van der Waals surface area contributed by atoms with Gasteiger partial charge < -0.3 is 4.90 Å². The number of carbonyl (C=O) groups is 2. The summed E-state index contributed by atoms with van der Waals surface area (Å²) < 4.78 is 0.631. The van der Waals surface area contributed by atoms with E-state index in [9.17, 15) is 9.59 Å². The molecule has 2 aliphatic rings. The summed E-state index contributed by atoms with van der Waals surface area (Å²) in [6.07, 6.45) is 7.49. The molecule has 1 aromatic rings. The number of unbranched alkanes of at least 4 members (excludes halogenated alkanes) is 2. The van der Waals surface area contributed by atoms with Crippen molar-refractivity contribution >= 4 is 46.2 Å². The van der Waals surface area contributed by atoms with Crippen molar-refractivity contribution in [2.24, 2.45) is 0 Å². The van der Waals surface area contributed by atoms with E-state index in [0.717, 1.165) is 50.8 Å². The van der Waals surface area contributed by atoms with E-state index in [4.69, 9.17) is 12.2 Å². The average Bonchev–Trinajstić information content (AvgIpc) is 3.27. The van der Waals surface area contributed by atoms with E-state index in [1.54, 1.807) is 4.90 Å². The smallest absolute Gasteiger partial charge is 0.266 e. The van der Waals surface area contributed by atoms with Gasteiger partial charge in [-0.25, -0.2) is 0 Å². The van der Waals surface area contributed by atoms with Gasteiger partial charge in [-0.1, -0.05) is 60.2 Å². The van der Waals surface area contributed by atoms with Crippen LogP contribution in [0.5, 0.6) is 0 Å². The van der Waals surface area contributed by atoms with Gasteiger partial charge in [-0.3, -0.25) is 14.5 Å². The summed E-state index contributed by atoms with van der Waals surface area (Å²) >= 11 is 6.76. The van der Waals surface area contributed by atoms with Crippen molar-refractivity contribution in [3.63, 3.8) is 0 Å². The summed E-state index contributed by atoms with van der Waals surface area (Å²) in [5, 5.41) is 0. The van der Waals surface area contributed by atoms with Crippen molar-refractivity contribution in [2.45, 2.75) is 45.4 Å². The topological polar surface area (TPSA) is 40.6 Å². The SMILES string of the molecule is Cc1ccc(/C=C2\SC(=S)N(CCCCCC(=O)N3CCCC3)C2=O)cc1. The third-order valence-electron chi connectivity index (χ3n) is 4.98. The summed E-state index contributed by atoms with van der Waals surface area (Å²) in [6, 6.07) is 8.10. The molecule has 0 aromatic heterocycles. The standard InChI is InChI=1S/C21H26N2O2S2/c1-16-8-10-17(11-9-16)15-18-20(25)23(21(26)27-18)14-4-2-3-7-19(24)22-12-5-6-13-22/h8-11,15H,2-7,12-14H2,1H3/b18-15-. The van der Waals surface area contributed by atoms with E-state index in [2.05, 4.69) is 0 Å². The highest BCUT2D eigenvalue weighted by Gasteiger charge is 2.31. The van der Waals surface area contributed by atoms with Gasteiger partial charge in [0.15, 0.2) is 0 Å². The third-order valence-corrected chi connectivity index (χ3v) is 6.36. The lowest BCUT2D eigenvalue weighted by Crippen LogP contribution is -2.29. The number of nitrogens with zero attached hydrogens (tertiary/aromatic N) is 2. The Balaban J connectivity index is 1.43. The summed E-state index contributed by atoms with van der Waals surface area (Å²) in [5.74, 6) is 0.276. The molecule has 0 radical (unpaired) electrons. The predicted octanol–water partition coefficient (Wildman–Crippen LogP) is 4.38. The largest absolute Gasteiger partial charge is 0.343 e. The molecule has 0 bridgehead atoms. The number of likely N-dealkylation sites (tertiary alicyclic amines) is 1. The third kappa shape index (κ3) is 5.42. The number of thiocarbonyl (C=S) groups is 1. The molecule has 27 heavy (non-hydrogen) atoms. The van der Waals surface area contributed by atoms with Crippen LogP contribution in [-0.4, -0.2) is 45.6 Å². The van der Waals surface area contributed by atoms with E-state index in [1.165, 1.54) is 17.3 Å². The second-order valence-corrected chi connectivity index (χ2v) is 8.82. The molecule has 0 unspecified atom stereocenters. The molecule has 2 aliphatic heterocycles. The molecule has 6 heteroatoms. The molecule has 2 saturated heterocycles. The van der Waals surface area contributed by atoms with Gasteiger partial charge in [-0.05, 0) is 44.2 Å². The summed E-state index contributed by atoms with van der Waals surface area (Å²) in [6.45, 7) is 4.52. The molecule has 1 aromatic carbocycles. The van der Waals surface area contributed by atoms with E-state index in [0.29, 0.717) is 22.2 Å². The maximum absolute atomic E-state index is 12.6. The van der Waals surface area contributed by atoms with Crippen LogP contribution in [0.25, 0.3) is 6.08 Å². The molecule has 0 atom stereocenters. The van der Waals surface area contributed by atoms with Crippen LogP contribution in [0.3, 0.4) is 0 Å². The molecular formula is C21H26N2O2S2. The molecule has 0 spiro atoms. The number of rotatable bonds is 7. The maximum atomic E-state index is 12.6. The fourth-order valence-corrected chi connectivity index (χ4v) is 4.66. The second kappa shape index (κ2) is 9.51. The molecule has 2 heterocycles. The molecule has 4 nitrogen and oxygen atoms in total. The number of aryl methyl sites for hydroxylation is 1. The number of amides is 2. The van der Waals surface area contributed by atoms with Crippen LogP contribution < -0.4 is 0 Å². The maximum Gasteiger partial charge on any atom is 0.266 e. The zero-order valence-electron chi connectivity index (χ0n) is 15.8. The number of carbonyl (C=O) groups excluding carboxylic acids is 2. The van der Waals surface area contributed by atoms with Crippen LogP contribution in [0.15, 0.2) is 29.2 Å². The normalized spacial score (nSPS) is 18.8. The minimum absolute atomic E-state index is 0.00119. The van der Waals surface area contributed by atoms with E-state index in [1.807, 2.05) is 42.2 Å². The molecule has 3 rings (SSSR count). The van der Waals surface area contributed by atoms with Crippen molar-refractivity contribution in [3.05, 3.63) is 40.3 Å². The zero-order valence-corrected chi connectivity index (χ0v) is 17.4. The quantitative estimate of drug-likeness (QED) is 0.386. The molecule has 0 N–H and O–H groups in total. The van der Waals surface area contributed by atoms with Crippen molar-refractivity contribution in [1.82, 2.24) is 9.80 Å². The number of hydrogen-bond donors (Lipinski definition) is 0. The highest BCUT2D eigenvalue weighted by molar-refractivity contribution is 8.26. The predicted molar refractivity (Wildman–Crippen MR) is 115 cm³/mol. The van der Waals surface area contributed by atoms with Crippen LogP contribution in [0.4, 0.5) is 0 Å².